The van der Waals surface area contributed by atoms with Gasteiger partial charge in [-0.25, -0.2) is 4.98 Å². The zero-order valence-corrected chi connectivity index (χ0v) is 15.2. The van der Waals surface area contributed by atoms with Gasteiger partial charge in [-0.05, 0) is 49.9 Å². The van der Waals surface area contributed by atoms with E-state index in [0.717, 1.165) is 35.6 Å². The van der Waals surface area contributed by atoms with E-state index < -0.39 is 0 Å². The third-order valence-corrected chi connectivity index (χ3v) is 4.99. The maximum absolute atomic E-state index is 4.72. The van der Waals surface area contributed by atoms with Gasteiger partial charge in [0.1, 0.15) is 5.82 Å². The van der Waals surface area contributed by atoms with Crippen molar-refractivity contribution in [2.24, 2.45) is 0 Å². The number of nitrogens with zero attached hydrogens (tertiary/aromatic N) is 3. The second kappa shape index (κ2) is 7.12. The number of nitrogens with one attached hydrogen (secondary N) is 2. The molecule has 0 saturated heterocycles. The van der Waals surface area contributed by atoms with Crippen LogP contribution in [-0.2, 0) is 13.0 Å². The highest BCUT2D eigenvalue weighted by Gasteiger charge is 2.23. The number of rotatable bonds is 5. The van der Waals surface area contributed by atoms with Crippen LogP contribution in [0.3, 0.4) is 0 Å². The van der Waals surface area contributed by atoms with Gasteiger partial charge in [0.05, 0.1) is 18.3 Å². The lowest BCUT2D eigenvalue weighted by atomic mass is 10.1. The number of hydrogen-bond donors (Lipinski definition) is 2. The Labute approximate surface area is 153 Å². The van der Waals surface area contributed by atoms with E-state index >= 15 is 0 Å². The van der Waals surface area contributed by atoms with Crippen molar-refractivity contribution in [2.75, 3.05) is 10.6 Å². The van der Waals surface area contributed by atoms with Gasteiger partial charge in [-0.3, -0.25) is 4.98 Å². The minimum absolute atomic E-state index is 0.308. The Morgan fingerprint density at radius 1 is 1.04 bits per heavy atom. The first-order valence-corrected chi connectivity index (χ1v) is 9.04. The molecule has 2 aromatic heterocycles. The molecule has 5 heteroatoms. The fourth-order valence-electron chi connectivity index (χ4n) is 3.39. The smallest absolute Gasteiger partial charge is 0.225 e. The number of anilines is 2. The Kier molecular flexibility index (Phi) is 4.52. The van der Waals surface area contributed by atoms with Crippen molar-refractivity contribution in [1.29, 1.82) is 0 Å². The van der Waals surface area contributed by atoms with Crippen molar-refractivity contribution in [3.05, 3.63) is 76.7 Å². The molecule has 1 aromatic carbocycles. The van der Waals surface area contributed by atoms with Crippen molar-refractivity contribution in [2.45, 2.75) is 39.3 Å². The Morgan fingerprint density at radius 3 is 2.73 bits per heavy atom. The van der Waals surface area contributed by atoms with Crippen LogP contribution in [0, 0.1) is 13.8 Å². The molecule has 3 aromatic rings. The van der Waals surface area contributed by atoms with Crippen LogP contribution in [0.4, 0.5) is 11.8 Å². The van der Waals surface area contributed by atoms with E-state index in [2.05, 4.69) is 51.8 Å². The minimum Gasteiger partial charge on any atom is -0.363 e. The van der Waals surface area contributed by atoms with E-state index in [0.29, 0.717) is 18.5 Å². The molecule has 0 bridgehead atoms. The molecule has 1 aliphatic rings. The van der Waals surface area contributed by atoms with Gasteiger partial charge in [0.15, 0.2) is 0 Å². The Morgan fingerprint density at radius 2 is 1.88 bits per heavy atom. The summed E-state index contributed by atoms with van der Waals surface area (Å²) in [5, 5.41) is 6.93. The molecule has 1 atom stereocenters. The van der Waals surface area contributed by atoms with Gasteiger partial charge >= 0.3 is 0 Å². The average molecular weight is 345 g/mol. The second-order valence-electron chi connectivity index (χ2n) is 6.72. The van der Waals surface area contributed by atoms with Crippen molar-refractivity contribution in [3.63, 3.8) is 0 Å². The fraction of sp³-hybridized carbons (Fsp3) is 0.286. The Hall–Kier alpha value is -2.95. The molecule has 1 aliphatic carbocycles. The van der Waals surface area contributed by atoms with E-state index in [-0.39, 0.29) is 0 Å². The van der Waals surface area contributed by atoms with Crippen LogP contribution in [0.1, 0.15) is 40.5 Å². The molecule has 0 radical (unpaired) electrons. The summed E-state index contributed by atoms with van der Waals surface area (Å²) in [6.07, 6.45) is 4.00. The van der Waals surface area contributed by atoms with Crippen molar-refractivity contribution >= 4 is 11.8 Å². The van der Waals surface area contributed by atoms with E-state index in [4.69, 9.17) is 4.98 Å². The number of hydrogen-bond acceptors (Lipinski definition) is 5. The van der Waals surface area contributed by atoms with Crippen LogP contribution in [0.2, 0.25) is 0 Å². The number of aromatic nitrogens is 3. The zero-order valence-electron chi connectivity index (χ0n) is 15.2. The Bertz CT molecular complexity index is 908. The van der Waals surface area contributed by atoms with Crippen LogP contribution in [-0.4, -0.2) is 15.0 Å². The zero-order chi connectivity index (χ0) is 17.9. The third-order valence-electron chi connectivity index (χ3n) is 4.99. The lowest BCUT2D eigenvalue weighted by Crippen LogP contribution is -2.13. The van der Waals surface area contributed by atoms with Gasteiger partial charge in [-0.1, -0.05) is 30.3 Å². The number of benzene rings is 1. The topological polar surface area (TPSA) is 62.7 Å². The van der Waals surface area contributed by atoms with E-state index in [1.807, 2.05) is 25.1 Å². The summed E-state index contributed by atoms with van der Waals surface area (Å²) >= 11 is 0. The fourth-order valence-corrected chi connectivity index (χ4v) is 3.39. The molecule has 0 saturated carbocycles. The Balaban J connectivity index is 1.54. The van der Waals surface area contributed by atoms with Gasteiger partial charge in [0, 0.05) is 17.5 Å². The second-order valence-corrected chi connectivity index (χ2v) is 6.72. The molecule has 26 heavy (non-hydrogen) atoms. The largest absolute Gasteiger partial charge is 0.363 e. The molecule has 2 N–H and O–H groups in total. The summed E-state index contributed by atoms with van der Waals surface area (Å²) in [5.41, 5.74) is 5.86. The molecule has 132 valence electrons. The predicted molar refractivity (Wildman–Crippen MR) is 104 cm³/mol. The van der Waals surface area contributed by atoms with Crippen LogP contribution >= 0.6 is 0 Å². The summed E-state index contributed by atoms with van der Waals surface area (Å²) in [4.78, 5) is 13.6. The normalized spacial score (nSPS) is 15.5. The van der Waals surface area contributed by atoms with Crippen molar-refractivity contribution in [1.82, 2.24) is 15.0 Å². The highest BCUT2D eigenvalue weighted by atomic mass is 15.2. The van der Waals surface area contributed by atoms with Gasteiger partial charge < -0.3 is 10.6 Å². The van der Waals surface area contributed by atoms with Gasteiger partial charge in [0.25, 0.3) is 0 Å². The standard InChI is InChI=1S/C21H23N5/c1-14-15(2)24-21(23-13-17-8-5-6-12-22-17)26-20(14)25-19-11-10-16-7-3-4-9-18(16)19/h3-9,12,19H,10-11,13H2,1-2H3,(H2,23,24,25,26). The van der Waals surface area contributed by atoms with Gasteiger partial charge in [0.2, 0.25) is 5.95 Å². The third kappa shape index (κ3) is 3.38. The molecule has 0 fully saturated rings. The number of aryl methyl sites for hydroxylation is 2. The summed E-state index contributed by atoms with van der Waals surface area (Å²) in [5.74, 6) is 1.54. The highest BCUT2D eigenvalue weighted by Crippen LogP contribution is 2.34. The SMILES string of the molecule is Cc1nc(NCc2ccccn2)nc(NC2CCc3ccccc32)c1C. The van der Waals surface area contributed by atoms with Crippen LogP contribution < -0.4 is 10.6 Å². The summed E-state index contributed by atoms with van der Waals surface area (Å²) in [6.45, 7) is 4.70. The van der Waals surface area contributed by atoms with Crippen LogP contribution in [0.5, 0.6) is 0 Å². The van der Waals surface area contributed by atoms with E-state index in [1.54, 1.807) is 6.20 Å². The molecule has 5 nitrogen and oxygen atoms in total. The average Bonchev–Trinajstić information content (AvgIpc) is 3.08. The van der Waals surface area contributed by atoms with E-state index in [1.165, 1.54) is 11.1 Å². The first-order chi connectivity index (χ1) is 12.7. The molecule has 0 aliphatic heterocycles. The number of pyridine rings is 1. The first-order valence-electron chi connectivity index (χ1n) is 9.04. The summed E-state index contributed by atoms with van der Waals surface area (Å²) in [7, 11) is 0. The quantitative estimate of drug-likeness (QED) is 0.726. The van der Waals surface area contributed by atoms with Crippen molar-refractivity contribution < 1.29 is 0 Å². The highest BCUT2D eigenvalue weighted by molar-refractivity contribution is 5.52. The van der Waals surface area contributed by atoms with Crippen LogP contribution in [0.25, 0.3) is 0 Å². The lowest BCUT2D eigenvalue weighted by molar-refractivity contribution is 0.754. The molecule has 1 unspecified atom stereocenters. The number of fused-ring (bicyclic) bond motifs is 1. The monoisotopic (exact) mass is 345 g/mol. The first kappa shape index (κ1) is 16.5. The summed E-state index contributed by atoms with van der Waals surface area (Å²) in [6, 6.07) is 14.8. The van der Waals surface area contributed by atoms with Crippen molar-refractivity contribution in [3.8, 4) is 0 Å². The maximum Gasteiger partial charge on any atom is 0.225 e. The van der Waals surface area contributed by atoms with Gasteiger partial charge in [-0.15, -0.1) is 0 Å². The van der Waals surface area contributed by atoms with E-state index in [9.17, 15) is 0 Å². The molecule has 2 heterocycles. The van der Waals surface area contributed by atoms with Crippen LogP contribution in [0.15, 0.2) is 48.7 Å². The lowest BCUT2D eigenvalue weighted by Gasteiger charge is -2.18. The summed E-state index contributed by atoms with van der Waals surface area (Å²) < 4.78 is 0. The maximum atomic E-state index is 4.72. The molecule has 0 spiro atoms. The minimum atomic E-state index is 0.308. The molecule has 4 rings (SSSR count). The molecular formula is C21H23N5. The van der Waals surface area contributed by atoms with Gasteiger partial charge in [-0.2, -0.15) is 4.98 Å². The molecular weight excluding hydrogens is 322 g/mol. The predicted octanol–water partition coefficient (Wildman–Crippen LogP) is 4.20. The molecule has 0 amide bonds.